The molecule has 1 saturated carbocycles. The van der Waals surface area contributed by atoms with Crippen molar-refractivity contribution < 1.29 is 14.6 Å². The summed E-state index contributed by atoms with van der Waals surface area (Å²) in [6.07, 6.45) is 5.95. The number of hydrogen-bond donors (Lipinski definition) is 3. The lowest BCUT2D eigenvalue weighted by Crippen LogP contribution is -2.33. The molecule has 1 aliphatic carbocycles. The first-order chi connectivity index (χ1) is 12.2. The van der Waals surface area contributed by atoms with Crippen LogP contribution in [0.15, 0.2) is 12.1 Å². The van der Waals surface area contributed by atoms with E-state index in [1.165, 1.54) is 25.3 Å². The van der Waals surface area contributed by atoms with Crippen LogP contribution in [0.2, 0.25) is 0 Å². The van der Waals surface area contributed by atoms with E-state index in [9.17, 15) is 4.79 Å². The van der Waals surface area contributed by atoms with Gasteiger partial charge in [-0.1, -0.05) is 0 Å². The number of aromatic carboxylic acids is 1. The van der Waals surface area contributed by atoms with Crippen molar-refractivity contribution in [1.29, 1.82) is 0 Å². The number of rotatable bonds is 5. The van der Waals surface area contributed by atoms with E-state index in [1.54, 1.807) is 6.07 Å². The van der Waals surface area contributed by atoms with Crippen LogP contribution in [0.25, 0.3) is 0 Å². The van der Waals surface area contributed by atoms with Crippen LogP contribution in [0.5, 0.6) is 0 Å². The lowest BCUT2D eigenvalue weighted by molar-refractivity contribution is 0.0593. The van der Waals surface area contributed by atoms with Gasteiger partial charge >= 0.3 is 5.97 Å². The fourth-order valence-electron chi connectivity index (χ4n) is 4.79. The summed E-state index contributed by atoms with van der Waals surface area (Å²) in [6, 6.07) is 4.24. The predicted molar refractivity (Wildman–Crippen MR) is 92.6 cm³/mol. The molecular weight excluding hydrogens is 320 g/mol. The summed E-state index contributed by atoms with van der Waals surface area (Å²) >= 11 is 0. The second kappa shape index (κ2) is 7.25. The van der Waals surface area contributed by atoms with Crippen molar-refractivity contribution in [3.63, 3.8) is 0 Å². The molecule has 136 valence electrons. The number of hydrogen-bond acceptors (Lipinski definition) is 6. The molecule has 25 heavy (non-hydrogen) atoms. The maximum Gasteiger partial charge on any atom is 0.356 e. The Hall–Kier alpha value is -1.73. The smallest absolute Gasteiger partial charge is 0.356 e. The summed E-state index contributed by atoms with van der Waals surface area (Å²) in [6.45, 7) is 2.95. The number of carboxylic acid groups (broad SMARTS) is 1. The Kier molecular flexibility index (Phi) is 4.85. The number of fused-ring (bicyclic) bond motifs is 1. The Bertz CT molecular complexity index is 603. The Morgan fingerprint density at radius 3 is 2.84 bits per heavy atom. The average molecular weight is 346 g/mol. The van der Waals surface area contributed by atoms with Gasteiger partial charge < -0.3 is 20.5 Å². The molecule has 7 heteroatoms. The number of nitrogens with zero attached hydrogens (tertiary/aromatic N) is 2. The van der Waals surface area contributed by atoms with Gasteiger partial charge in [-0.25, -0.2) is 4.79 Å². The Labute approximate surface area is 147 Å². The van der Waals surface area contributed by atoms with Crippen LogP contribution in [0.4, 0.5) is 5.82 Å². The van der Waals surface area contributed by atoms with Gasteiger partial charge in [0.05, 0.1) is 0 Å². The van der Waals surface area contributed by atoms with Gasteiger partial charge in [0.2, 0.25) is 0 Å². The number of carboxylic acids is 1. The van der Waals surface area contributed by atoms with Crippen LogP contribution in [0, 0.1) is 17.8 Å². The second-order valence-corrected chi connectivity index (χ2v) is 7.65. The predicted octanol–water partition coefficient (Wildman–Crippen LogP) is 1.77. The highest BCUT2D eigenvalue weighted by molar-refractivity contribution is 5.85. The Morgan fingerprint density at radius 1 is 1.28 bits per heavy atom. The Balaban J connectivity index is 1.32. The molecule has 4 atom stereocenters. The van der Waals surface area contributed by atoms with Crippen LogP contribution >= 0.6 is 0 Å². The van der Waals surface area contributed by atoms with E-state index in [1.807, 2.05) is 0 Å². The third kappa shape index (κ3) is 3.77. The summed E-state index contributed by atoms with van der Waals surface area (Å²) < 4.78 is 5.48. The highest BCUT2D eigenvalue weighted by Crippen LogP contribution is 2.41. The minimum atomic E-state index is -1.04. The third-order valence-electron chi connectivity index (χ3n) is 6.07. The van der Waals surface area contributed by atoms with E-state index < -0.39 is 5.97 Å². The molecule has 2 aliphatic heterocycles. The fraction of sp³-hybridized carbons (Fsp3) is 0.722. The first kappa shape index (κ1) is 16.7. The zero-order valence-electron chi connectivity index (χ0n) is 14.4. The summed E-state index contributed by atoms with van der Waals surface area (Å²) in [5.74, 6) is 1.88. The molecule has 0 aromatic carbocycles. The zero-order chi connectivity index (χ0) is 17.2. The lowest BCUT2D eigenvalue weighted by Gasteiger charge is -2.27. The van der Waals surface area contributed by atoms with E-state index >= 15 is 0 Å². The highest BCUT2D eigenvalue weighted by Gasteiger charge is 2.43. The van der Waals surface area contributed by atoms with Crippen LogP contribution in [0.3, 0.4) is 0 Å². The van der Waals surface area contributed by atoms with E-state index in [4.69, 9.17) is 9.84 Å². The first-order valence-electron chi connectivity index (χ1n) is 9.33. The van der Waals surface area contributed by atoms with Gasteiger partial charge in [-0.05, 0) is 68.5 Å². The van der Waals surface area contributed by atoms with Gasteiger partial charge in [0.25, 0.3) is 0 Å². The topological polar surface area (TPSA) is 96.4 Å². The van der Waals surface area contributed by atoms with Crippen molar-refractivity contribution in [2.75, 3.05) is 25.1 Å². The van der Waals surface area contributed by atoms with Crippen molar-refractivity contribution in [3.8, 4) is 0 Å². The van der Waals surface area contributed by atoms with Crippen molar-refractivity contribution >= 4 is 11.8 Å². The molecule has 7 nitrogen and oxygen atoms in total. The monoisotopic (exact) mass is 346 g/mol. The van der Waals surface area contributed by atoms with Crippen molar-refractivity contribution in [2.24, 2.45) is 17.8 Å². The average Bonchev–Trinajstić information content (AvgIpc) is 3.18. The Morgan fingerprint density at radius 2 is 2.12 bits per heavy atom. The van der Waals surface area contributed by atoms with Gasteiger partial charge in [-0.15, -0.1) is 10.2 Å². The lowest BCUT2D eigenvalue weighted by atomic mass is 9.85. The van der Waals surface area contributed by atoms with Gasteiger partial charge in [-0.3, -0.25) is 0 Å². The van der Waals surface area contributed by atoms with E-state index in [0.717, 1.165) is 50.4 Å². The van der Waals surface area contributed by atoms with Gasteiger partial charge in [0, 0.05) is 25.3 Å². The molecule has 1 aromatic heterocycles. The van der Waals surface area contributed by atoms with E-state index in [0.29, 0.717) is 17.9 Å². The molecule has 0 amide bonds. The standard InChI is InChI=1S/C18H26N4O3/c23-18(24)15-1-2-17(22-21-15)20-13-8-12-10-19-16(14(12)9-13)7-11-3-5-25-6-4-11/h1-2,11-14,16,19H,3-10H2,(H,20,22)(H,23,24)/t12-,13+,14+,16+/m1/s1. The fourth-order valence-corrected chi connectivity index (χ4v) is 4.79. The third-order valence-corrected chi connectivity index (χ3v) is 6.07. The molecule has 0 spiro atoms. The summed E-state index contributed by atoms with van der Waals surface area (Å²) in [5, 5.41) is 23.8. The largest absolute Gasteiger partial charge is 0.476 e. The van der Waals surface area contributed by atoms with E-state index in [2.05, 4.69) is 20.8 Å². The minimum Gasteiger partial charge on any atom is -0.476 e. The SMILES string of the molecule is O=C(O)c1ccc(N[C@H]2C[C@@H]3CN[C@@H](CC4CCOCC4)[C@H]3C2)nn1. The van der Waals surface area contributed by atoms with Crippen LogP contribution < -0.4 is 10.6 Å². The number of ether oxygens (including phenoxy) is 1. The minimum absolute atomic E-state index is 0.0189. The van der Waals surface area contributed by atoms with Crippen LogP contribution in [-0.2, 0) is 4.74 Å². The summed E-state index contributed by atoms with van der Waals surface area (Å²) in [4.78, 5) is 10.9. The summed E-state index contributed by atoms with van der Waals surface area (Å²) in [7, 11) is 0. The molecule has 3 heterocycles. The molecule has 4 rings (SSSR count). The zero-order valence-corrected chi connectivity index (χ0v) is 14.4. The van der Waals surface area contributed by atoms with Crippen LogP contribution in [-0.4, -0.2) is 53.1 Å². The molecule has 0 bridgehead atoms. The summed E-state index contributed by atoms with van der Waals surface area (Å²) in [5.41, 5.74) is -0.0189. The molecule has 3 fully saturated rings. The van der Waals surface area contributed by atoms with Crippen molar-refractivity contribution in [1.82, 2.24) is 15.5 Å². The maximum absolute atomic E-state index is 10.9. The van der Waals surface area contributed by atoms with Gasteiger partial charge in [0.15, 0.2) is 5.69 Å². The highest BCUT2D eigenvalue weighted by atomic mass is 16.5. The van der Waals surface area contributed by atoms with Crippen LogP contribution in [0.1, 0.15) is 42.6 Å². The number of anilines is 1. The molecule has 0 radical (unpaired) electrons. The molecule has 3 aliphatic rings. The van der Waals surface area contributed by atoms with E-state index in [-0.39, 0.29) is 5.69 Å². The first-order valence-corrected chi connectivity index (χ1v) is 9.33. The molecule has 3 N–H and O–H groups in total. The normalized spacial score (nSPS) is 32.5. The molecule has 1 aromatic rings. The number of nitrogens with one attached hydrogen (secondary N) is 2. The maximum atomic E-state index is 10.9. The van der Waals surface area contributed by atoms with Gasteiger partial charge in [-0.2, -0.15) is 0 Å². The molecule has 0 unspecified atom stereocenters. The molecular formula is C18H26N4O3. The number of carbonyl (C=O) groups is 1. The van der Waals surface area contributed by atoms with Crippen molar-refractivity contribution in [3.05, 3.63) is 17.8 Å². The van der Waals surface area contributed by atoms with Gasteiger partial charge in [0.1, 0.15) is 5.82 Å². The number of aromatic nitrogens is 2. The quantitative estimate of drug-likeness (QED) is 0.747. The van der Waals surface area contributed by atoms with Crippen molar-refractivity contribution in [2.45, 2.75) is 44.2 Å². The second-order valence-electron chi connectivity index (χ2n) is 7.65. The molecule has 2 saturated heterocycles.